The third-order valence-corrected chi connectivity index (χ3v) is 6.64. The first-order valence-electron chi connectivity index (χ1n) is 7.72. The molecule has 0 spiro atoms. The molecule has 2 rings (SSSR count). The van der Waals surface area contributed by atoms with Gasteiger partial charge in [0, 0.05) is 5.92 Å². The van der Waals surface area contributed by atoms with Crippen LogP contribution in [-0.2, 0) is 10.0 Å². The zero-order valence-corrected chi connectivity index (χ0v) is 15.8. The van der Waals surface area contributed by atoms with Crippen LogP contribution in [0.5, 0.6) is 0 Å². The van der Waals surface area contributed by atoms with Crippen molar-refractivity contribution in [2.24, 2.45) is 0 Å². The van der Waals surface area contributed by atoms with Crippen molar-refractivity contribution in [1.29, 1.82) is 0 Å². The van der Waals surface area contributed by atoms with Gasteiger partial charge >= 0.3 is 0 Å². The molecule has 126 valence electrons. The first kappa shape index (κ1) is 17.9. The summed E-state index contributed by atoms with van der Waals surface area (Å²) in [5, 5.41) is 9.34. The van der Waals surface area contributed by atoms with E-state index in [4.69, 9.17) is 0 Å². The third-order valence-electron chi connectivity index (χ3n) is 3.87. The Balaban J connectivity index is 2.33. The zero-order chi connectivity index (χ0) is 17.2. The van der Waals surface area contributed by atoms with Crippen molar-refractivity contribution in [2.75, 3.05) is 4.72 Å². The van der Waals surface area contributed by atoms with Crippen molar-refractivity contribution >= 4 is 26.5 Å². The van der Waals surface area contributed by atoms with E-state index in [0.717, 1.165) is 34.5 Å². The lowest BCUT2D eigenvalue weighted by molar-refractivity contribution is 0.600. The number of nitrogens with zero attached hydrogens (tertiary/aromatic N) is 2. The molecule has 0 saturated heterocycles. The molecule has 5 nitrogen and oxygen atoms in total. The number of nitrogens with one attached hydrogen (secondary N) is 1. The van der Waals surface area contributed by atoms with E-state index in [9.17, 15) is 8.42 Å². The van der Waals surface area contributed by atoms with Gasteiger partial charge in [0.15, 0.2) is 0 Å². The van der Waals surface area contributed by atoms with Gasteiger partial charge < -0.3 is 0 Å². The number of hydrogen-bond donors (Lipinski definition) is 1. The largest absolute Gasteiger partial charge is 0.264 e. The second-order valence-corrected chi connectivity index (χ2v) is 8.42. The number of aryl methyl sites for hydroxylation is 3. The lowest BCUT2D eigenvalue weighted by Gasteiger charge is -2.12. The number of sulfonamides is 1. The number of aromatic nitrogens is 2. The summed E-state index contributed by atoms with van der Waals surface area (Å²) in [6, 6.07) is 3.74. The summed E-state index contributed by atoms with van der Waals surface area (Å²) >= 11 is 1.31. The van der Waals surface area contributed by atoms with E-state index in [1.165, 1.54) is 11.3 Å². The molecule has 1 heterocycles. The van der Waals surface area contributed by atoms with Crippen LogP contribution in [0.15, 0.2) is 17.0 Å². The molecule has 0 aliphatic carbocycles. The third kappa shape index (κ3) is 3.90. The van der Waals surface area contributed by atoms with Crippen LogP contribution < -0.4 is 4.72 Å². The van der Waals surface area contributed by atoms with Crippen molar-refractivity contribution in [3.05, 3.63) is 33.8 Å². The molecule has 0 amide bonds. The molecule has 0 atom stereocenters. The highest BCUT2D eigenvalue weighted by atomic mass is 32.2. The van der Waals surface area contributed by atoms with Crippen LogP contribution in [0, 0.1) is 20.8 Å². The van der Waals surface area contributed by atoms with Gasteiger partial charge in [0.2, 0.25) is 5.13 Å². The van der Waals surface area contributed by atoms with E-state index < -0.39 is 10.0 Å². The maximum Gasteiger partial charge on any atom is 0.264 e. The normalized spacial score (nSPS) is 11.9. The predicted octanol–water partition coefficient (Wildman–Crippen LogP) is 4.17. The van der Waals surface area contributed by atoms with Crippen LogP contribution in [0.25, 0.3) is 0 Å². The lowest BCUT2D eigenvalue weighted by Crippen LogP contribution is -2.15. The Hall–Kier alpha value is -1.47. The van der Waals surface area contributed by atoms with Crippen molar-refractivity contribution in [3.8, 4) is 0 Å². The standard InChI is InChI=1S/C16H23N3O2S2/c1-6-13(7-2)15-17-18-16(22-15)19-23(20,21)14-11(4)8-10(3)9-12(14)5/h8-9,13H,6-7H2,1-5H3,(H,18,19). The molecule has 23 heavy (non-hydrogen) atoms. The topological polar surface area (TPSA) is 72.0 Å². The summed E-state index contributed by atoms with van der Waals surface area (Å²) < 4.78 is 28.0. The smallest absolute Gasteiger partial charge is 0.253 e. The van der Waals surface area contributed by atoms with Crippen LogP contribution in [-0.4, -0.2) is 18.6 Å². The summed E-state index contributed by atoms with van der Waals surface area (Å²) in [4.78, 5) is 0.322. The van der Waals surface area contributed by atoms with Gasteiger partial charge in [0.1, 0.15) is 5.01 Å². The molecule has 0 radical (unpaired) electrons. The molecular weight excluding hydrogens is 330 g/mol. The van der Waals surface area contributed by atoms with E-state index in [0.29, 0.717) is 15.9 Å². The molecule has 0 aliphatic rings. The highest BCUT2D eigenvalue weighted by Crippen LogP contribution is 2.30. The summed E-state index contributed by atoms with van der Waals surface area (Å²) in [5.41, 5.74) is 2.52. The molecule has 1 aromatic heterocycles. The van der Waals surface area contributed by atoms with Crippen molar-refractivity contribution in [3.63, 3.8) is 0 Å². The monoisotopic (exact) mass is 353 g/mol. The first-order chi connectivity index (χ1) is 10.8. The van der Waals surface area contributed by atoms with Crippen LogP contribution >= 0.6 is 11.3 Å². The van der Waals surface area contributed by atoms with Gasteiger partial charge in [0.05, 0.1) is 4.90 Å². The minimum Gasteiger partial charge on any atom is -0.253 e. The van der Waals surface area contributed by atoms with Gasteiger partial charge in [-0.3, -0.25) is 4.72 Å². The van der Waals surface area contributed by atoms with Crippen molar-refractivity contribution in [1.82, 2.24) is 10.2 Å². The maximum atomic E-state index is 12.7. The van der Waals surface area contributed by atoms with Crippen LogP contribution in [0.4, 0.5) is 5.13 Å². The fourth-order valence-corrected chi connectivity index (χ4v) is 5.53. The van der Waals surface area contributed by atoms with Crippen LogP contribution in [0.2, 0.25) is 0 Å². The quantitative estimate of drug-likeness (QED) is 0.846. The fraction of sp³-hybridized carbons (Fsp3) is 0.500. The second-order valence-electron chi connectivity index (χ2n) is 5.79. The number of hydrogen-bond acceptors (Lipinski definition) is 5. The molecule has 0 fully saturated rings. The van der Waals surface area contributed by atoms with Gasteiger partial charge in [0.25, 0.3) is 10.0 Å². The molecule has 0 saturated carbocycles. The molecule has 0 bridgehead atoms. The molecule has 2 aromatic rings. The van der Waals surface area contributed by atoms with E-state index in [1.807, 2.05) is 32.9 Å². The molecule has 1 aromatic carbocycles. The Morgan fingerprint density at radius 2 is 1.65 bits per heavy atom. The first-order valence-corrected chi connectivity index (χ1v) is 10.0. The second kappa shape index (κ2) is 6.97. The zero-order valence-electron chi connectivity index (χ0n) is 14.2. The molecule has 1 N–H and O–H groups in total. The van der Waals surface area contributed by atoms with Crippen molar-refractivity contribution in [2.45, 2.75) is 58.3 Å². The van der Waals surface area contributed by atoms with Crippen LogP contribution in [0.3, 0.4) is 0 Å². The molecule has 0 aliphatic heterocycles. The average Bonchev–Trinajstić information content (AvgIpc) is 2.86. The Kier molecular flexibility index (Phi) is 5.41. The Morgan fingerprint density at radius 3 is 2.17 bits per heavy atom. The Morgan fingerprint density at radius 1 is 1.09 bits per heavy atom. The minimum atomic E-state index is -3.66. The van der Waals surface area contributed by atoms with E-state index >= 15 is 0 Å². The Bertz CT molecular complexity index is 770. The van der Waals surface area contributed by atoms with Gasteiger partial charge in [-0.1, -0.05) is 42.9 Å². The van der Waals surface area contributed by atoms with Gasteiger partial charge in [-0.25, -0.2) is 8.42 Å². The highest BCUT2D eigenvalue weighted by Gasteiger charge is 2.22. The number of rotatable bonds is 6. The molecule has 0 unspecified atom stereocenters. The molecule has 7 heteroatoms. The van der Waals surface area contributed by atoms with E-state index in [-0.39, 0.29) is 0 Å². The van der Waals surface area contributed by atoms with E-state index in [2.05, 4.69) is 28.8 Å². The minimum absolute atomic E-state index is 0.322. The van der Waals surface area contributed by atoms with E-state index in [1.54, 1.807) is 0 Å². The predicted molar refractivity (Wildman–Crippen MR) is 94.7 cm³/mol. The fourth-order valence-electron chi connectivity index (χ4n) is 2.84. The summed E-state index contributed by atoms with van der Waals surface area (Å²) in [6.45, 7) is 9.77. The Labute approximate surface area is 142 Å². The van der Waals surface area contributed by atoms with Crippen LogP contribution in [0.1, 0.15) is 54.3 Å². The van der Waals surface area contributed by atoms with Gasteiger partial charge in [-0.05, 0) is 44.7 Å². The summed E-state index contributed by atoms with van der Waals surface area (Å²) in [6.07, 6.45) is 1.93. The summed E-state index contributed by atoms with van der Waals surface area (Å²) in [5.74, 6) is 0.327. The highest BCUT2D eigenvalue weighted by molar-refractivity contribution is 7.93. The maximum absolute atomic E-state index is 12.7. The van der Waals surface area contributed by atoms with Crippen molar-refractivity contribution < 1.29 is 8.42 Å². The lowest BCUT2D eigenvalue weighted by atomic mass is 10.1. The number of anilines is 1. The van der Waals surface area contributed by atoms with Gasteiger partial charge in [-0.15, -0.1) is 10.2 Å². The van der Waals surface area contributed by atoms with Gasteiger partial charge in [-0.2, -0.15) is 0 Å². The average molecular weight is 354 g/mol. The number of benzene rings is 1. The summed E-state index contributed by atoms with van der Waals surface area (Å²) in [7, 11) is -3.66. The SMILES string of the molecule is CCC(CC)c1nnc(NS(=O)(=O)c2c(C)cc(C)cc2C)s1. The molecular formula is C16H23N3O2S2.